The molecule has 1 amide bonds. The Labute approximate surface area is 196 Å². The van der Waals surface area contributed by atoms with Gasteiger partial charge in [0.05, 0.1) is 11.1 Å². The quantitative estimate of drug-likeness (QED) is 0.464. The predicted octanol–water partition coefficient (Wildman–Crippen LogP) is 4.91. The molecule has 10 heteroatoms. The van der Waals surface area contributed by atoms with E-state index in [0.717, 1.165) is 5.56 Å². The van der Waals surface area contributed by atoms with E-state index >= 15 is 0 Å². The van der Waals surface area contributed by atoms with Crippen molar-refractivity contribution in [1.82, 2.24) is 10.3 Å². The summed E-state index contributed by atoms with van der Waals surface area (Å²) in [5.41, 5.74) is 1.39. The molecule has 2 aromatic carbocycles. The third-order valence-electron chi connectivity index (χ3n) is 4.22. The van der Waals surface area contributed by atoms with Crippen LogP contribution in [-0.2, 0) is 16.6 Å². The van der Waals surface area contributed by atoms with E-state index < -0.39 is 10.0 Å². The van der Waals surface area contributed by atoms with E-state index in [2.05, 4.69) is 15.0 Å². The number of anilines is 1. The molecule has 0 fully saturated rings. The second-order valence-corrected chi connectivity index (χ2v) is 9.57. The Hall–Kier alpha value is -2.81. The number of halogens is 2. The molecular weight excluding hydrogens is 473 g/mol. The molecule has 0 saturated heterocycles. The molecule has 0 aliphatic rings. The Morgan fingerprint density at radius 3 is 2.50 bits per heavy atom. The minimum Gasteiger partial charge on any atom is -0.475 e. The van der Waals surface area contributed by atoms with E-state index in [1.165, 1.54) is 42.5 Å². The molecule has 0 saturated carbocycles. The largest absolute Gasteiger partial charge is 0.475 e. The van der Waals surface area contributed by atoms with Gasteiger partial charge in [0.15, 0.2) is 0 Å². The van der Waals surface area contributed by atoms with Crippen LogP contribution in [-0.4, -0.2) is 25.4 Å². The lowest BCUT2D eigenvalue weighted by atomic mass is 10.2. The number of hydrogen-bond donors (Lipinski definition) is 2. The van der Waals surface area contributed by atoms with Crippen molar-refractivity contribution in [3.63, 3.8) is 0 Å². The zero-order valence-corrected chi connectivity index (χ0v) is 19.6. The van der Waals surface area contributed by atoms with E-state index in [1.807, 2.05) is 19.9 Å². The van der Waals surface area contributed by atoms with Crippen LogP contribution in [0.25, 0.3) is 0 Å². The summed E-state index contributed by atoms with van der Waals surface area (Å²) in [6.07, 6.45) is 1.58. The lowest BCUT2D eigenvalue weighted by Gasteiger charge is -2.13. The van der Waals surface area contributed by atoms with Gasteiger partial charge in [0.25, 0.3) is 15.9 Å². The van der Waals surface area contributed by atoms with Crippen molar-refractivity contribution in [3.8, 4) is 5.88 Å². The molecule has 0 aliphatic heterocycles. The monoisotopic (exact) mass is 493 g/mol. The van der Waals surface area contributed by atoms with E-state index in [-0.39, 0.29) is 39.2 Å². The van der Waals surface area contributed by atoms with Gasteiger partial charge in [-0.05, 0) is 62.4 Å². The SMILES string of the molecule is CC(C)Oc1ncccc1CNC(=O)c1ccc(NS(=O)(=O)c2cc(Cl)ccc2Cl)cc1. The van der Waals surface area contributed by atoms with Crippen LogP contribution in [0.2, 0.25) is 10.0 Å². The van der Waals surface area contributed by atoms with Gasteiger partial charge in [-0.1, -0.05) is 29.3 Å². The first-order valence-electron chi connectivity index (χ1n) is 9.62. The van der Waals surface area contributed by atoms with E-state index in [4.69, 9.17) is 27.9 Å². The molecule has 0 radical (unpaired) electrons. The number of nitrogens with one attached hydrogen (secondary N) is 2. The molecule has 3 rings (SSSR count). The normalized spacial score (nSPS) is 11.3. The van der Waals surface area contributed by atoms with Crippen LogP contribution in [0, 0.1) is 0 Å². The fourth-order valence-electron chi connectivity index (χ4n) is 2.75. The zero-order chi connectivity index (χ0) is 23.3. The minimum absolute atomic E-state index is 0.0440. The van der Waals surface area contributed by atoms with Gasteiger partial charge >= 0.3 is 0 Å². The van der Waals surface area contributed by atoms with Crippen LogP contribution in [0.4, 0.5) is 5.69 Å². The third-order valence-corrected chi connectivity index (χ3v) is 6.32. The Morgan fingerprint density at radius 2 is 1.81 bits per heavy atom. The van der Waals surface area contributed by atoms with Crippen LogP contribution >= 0.6 is 23.2 Å². The molecular formula is C22H21Cl2N3O4S. The Bertz CT molecular complexity index is 1220. The maximum Gasteiger partial charge on any atom is 0.263 e. The number of ether oxygens (including phenoxy) is 1. The first-order chi connectivity index (χ1) is 15.2. The van der Waals surface area contributed by atoms with Gasteiger partial charge in [0.2, 0.25) is 5.88 Å². The smallest absolute Gasteiger partial charge is 0.263 e. The molecule has 2 N–H and O–H groups in total. The molecule has 7 nitrogen and oxygen atoms in total. The van der Waals surface area contributed by atoms with Crippen LogP contribution in [0.3, 0.4) is 0 Å². The Kier molecular flexibility index (Phi) is 7.60. The molecule has 0 unspecified atom stereocenters. The number of benzene rings is 2. The summed E-state index contributed by atoms with van der Waals surface area (Å²) < 4.78 is 33.3. The highest BCUT2D eigenvalue weighted by atomic mass is 35.5. The van der Waals surface area contributed by atoms with Gasteiger partial charge in [-0.2, -0.15) is 0 Å². The topological polar surface area (TPSA) is 97.4 Å². The summed E-state index contributed by atoms with van der Waals surface area (Å²) in [4.78, 5) is 16.6. The van der Waals surface area contributed by atoms with Gasteiger partial charge in [-0.3, -0.25) is 9.52 Å². The van der Waals surface area contributed by atoms with Crippen LogP contribution in [0.15, 0.2) is 65.7 Å². The summed E-state index contributed by atoms with van der Waals surface area (Å²) in [6, 6.07) is 13.8. The van der Waals surface area contributed by atoms with E-state index in [1.54, 1.807) is 12.3 Å². The summed E-state index contributed by atoms with van der Waals surface area (Å²) in [5.74, 6) is 0.142. The first-order valence-corrected chi connectivity index (χ1v) is 11.9. The molecule has 32 heavy (non-hydrogen) atoms. The number of rotatable bonds is 8. The number of nitrogens with zero attached hydrogens (tertiary/aromatic N) is 1. The Morgan fingerprint density at radius 1 is 1.09 bits per heavy atom. The number of carbonyl (C=O) groups is 1. The third kappa shape index (κ3) is 6.12. The van der Waals surface area contributed by atoms with Crippen molar-refractivity contribution in [2.45, 2.75) is 31.4 Å². The molecule has 0 aliphatic carbocycles. The zero-order valence-electron chi connectivity index (χ0n) is 17.3. The summed E-state index contributed by atoms with van der Waals surface area (Å²) in [7, 11) is -3.95. The highest BCUT2D eigenvalue weighted by Crippen LogP contribution is 2.27. The maximum atomic E-state index is 12.6. The number of sulfonamides is 1. The van der Waals surface area contributed by atoms with Gasteiger partial charge in [0.1, 0.15) is 4.90 Å². The molecule has 1 heterocycles. The van der Waals surface area contributed by atoms with Gasteiger partial charge < -0.3 is 10.1 Å². The van der Waals surface area contributed by atoms with Crippen molar-refractivity contribution < 1.29 is 17.9 Å². The maximum absolute atomic E-state index is 12.6. The highest BCUT2D eigenvalue weighted by Gasteiger charge is 2.19. The number of pyridine rings is 1. The molecule has 0 bridgehead atoms. The summed E-state index contributed by atoms with van der Waals surface area (Å²) in [5, 5.41) is 3.10. The fourth-order valence-corrected chi connectivity index (χ4v) is 4.57. The van der Waals surface area contributed by atoms with Crippen molar-refractivity contribution in [1.29, 1.82) is 0 Å². The van der Waals surface area contributed by atoms with Crippen LogP contribution in [0.5, 0.6) is 5.88 Å². The van der Waals surface area contributed by atoms with E-state index in [9.17, 15) is 13.2 Å². The average Bonchev–Trinajstić information content (AvgIpc) is 2.74. The number of amides is 1. The van der Waals surface area contributed by atoms with Crippen molar-refractivity contribution in [3.05, 3.63) is 82.0 Å². The second kappa shape index (κ2) is 10.2. The standard InChI is InChI=1S/C22H21Cl2N3O4S/c1-14(2)31-22-16(4-3-11-25-22)13-26-21(28)15-5-8-18(9-6-15)27-32(29,30)20-12-17(23)7-10-19(20)24/h3-12,14,27H,13H2,1-2H3,(H,26,28). The van der Waals surface area contributed by atoms with E-state index in [0.29, 0.717) is 11.4 Å². The summed E-state index contributed by atoms with van der Waals surface area (Å²) >= 11 is 11.9. The number of aromatic nitrogens is 1. The number of carbonyl (C=O) groups excluding carboxylic acids is 1. The average molecular weight is 494 g/mol. The lowest BCUT2D eigenvalue weighted by Crippen LogP contribution is -2.23. The minimum atomic E-state index is -3.95. The first kappa shape index (κ1) is 23.8. The van der Waals surface area contributed by atoms with Crippen LogP contribution in [0.1, 0.15) is 29.8 Å². The van der Waals surface area contributed by atoms with Crippen molar-refractivity contribution in [2.24, 2.45) is 0 Å². The summed E-state index contributed by atoms with van der Waals surface area (Å²) in [6.45, 7) is 4.02. The van der Waals surface area contributed by atoms with Gasteiger partial charge in [-0.15, -0.1) is 0 Å². The molecule has 0 atom stereocenters. The van der Waals surface area contributed by atoms with Crippen LogP contribution < -0.4 is 14.8 Å². The molecule has 1 aromatic heterocycles. The Balaban J connectivity index is 1.67. The van der Waals surface area contributed by atoms with Gasteiger partial charge in [-0.25, -0.2) is 13.4 Å². The number of hydrogen-bond acceptors (Lipinski definition) is 5. The molecule has 0 spiro atoms. The second-order valence-electron chi connectivity index (χ2n) is 7.07. The van der Waals surface area contributed by atoms with Crippen molar-refractivity contribution in [2.75, 3.05) is 4.72 Å². The van der Waals surface area contributed by atoms with Gasteiger partial charge in [0, 0.05) is 34.6 Å². The van der Waals surface area contributed by atoms with Crippen molar-refractivity contribution >= 4 is 44.8 Å². The molecule has 168 valence electrons. The highest BCUT2D eigenvalue weighted by molar-refractivity contribution is 7.92. The molecule has 3 aromatic rings. The lowest BCUT2D eigenvalue weighted by molar-refractivity contribution is 0.0950. The predicted molar refractivity (Wildman–Crippen MR) is 125 cm³/mol. The fraction of sp³-hybridized carbons (Fsp3) is 0.182.